The molecule has 4 rings (SSSR count). The molecular formula is C17H20N6O3. The molecule has 3 aromatic rings. The maximum atomic E-state index is 12.6. The van der Waals surface area contributed by atoms with Crippen LogP contribution in [0.25, 0.3) is 5.65 Å². The first kappa shape index (κ1) is 16.5. The van der Waals surface area contributed by atoms with Crippen LogP contribution in [0.1, 0.15) is 41.5 Å². The summed E-state index contributed by atoms with van der Waals surface area (Å²) >= 11 is 0. The van der Waals surface area contributed by atoms with Gasteiger partial charge in [-0.2, -0.15) is 0 Å². The lowest BCUT2D eigenvalue weighted by Crippen LogP contribution is -2.40. The van der Waals surface area contributed by atoms with E-state index in [2.05, 4.69) is 25.0 Å². The lowest BCUT2D eigenvalue weighted by molar-refractivity contribution is -0.131. The van der Waals surface area contributed by atoms with E-state index in [-0.39, 0.29) is 23.8 Å². The van der Waals surface area contributed by atoms with Gasteiger partial charge in [-0.25, -0.2) is 14.1 Å². The monoisotopic (exact) mass is 356 g/mol. The van der Waals surface area contributed by atoms with Crippen LogP contribution >= 0.6 is 0 Å². The molecule has 1 N–H and O–H groups in total. The average molecular weight is 356 g/mol. The predicted octanol–water partition coefficient (Wildman–Crippen LogP) is 0.971. The Morgan fingerprint density at radius 3 is 2.96 bits per heavy atom. The van der Waals surface area contributed by atoms with Crippen molar-refractivity contribution in [2.45, 2.75) is 39.0 Å². The van der Waals surface area contributed by atoms with Gasteiger partial charge in [0.25, 0.3) is 5.56 Å². The molecule has 1 unspecified atom stereocenters. The minimum Gasteiger partial charge on any atom is -0.342 e. The first-order valence-electron chi connectivity index (χ1n) is 8.66. The number of carbonyl (C=O) groups excluding carboxylic acids is 1. The molecule has 0 saturated carbocycles. The largest absolute Gasteiger partial charge is 0.342 e. The highest BCUT2D eigenvalue weighted by Gasteiger charge is 2.27. The molecule has 26 heavy (non-hydrogen) atoms. The summed E-state index contributed by atoms with van der Waals surface area (Å²) in [5, 5.41) is 10.6. The fraction of sp³-hybridized carbons (Fsp3) is 0.471. The number of hydrogen-bond donors (Lipinski definition) is 1. The third-order valence-corrected chi connectivity index (χ3v) is 4.88. The molecule has 9 nitrogen and oxygen atoms in total. The van der Waals surface area contributed by atoms with Gasteiger partial charge < -0.3 is 4.90 Å². The van der Waals surface area contributed by atoms with Gasteiger partial charge in [0, 0.05) is 42.5 Å². The fourth-order valence-corrected chi connectivity index (χ4v) is 3.46. The van der Waals surface area contributed by atoms with Gasteiger partial charge in [0.1, 0.15) is 11.4 Å². The Labute approximate surface area is 149 Å². The first-order valence-corrected chi connectivity index (χ1v) is 8.66. The Morgan fingerprint density at radius 2 is 2.19 bits per heavy atom. The smallest absolute Gasteiger partial charge is 0.272 e. The number of aromatic amines is 1. The van der Waals surface area contributed by atoms with Gasteiger partial charge in [-0.1, -0.05) is 10.3 Å². The Morgan fingerprint density at radius 1 is 1.35 bits per heavy atom. The second kappa shape index (κ2) is 6.40. The zero-order valence-corrected chi connectivity index (χ0v) is 14.7. The van der Waals surface area contributed by atoms with Crippen molar-refractivity contribution in [3.05, 3.63) is 45.3 Å². The molecule has 0 bridgehead atoms. The highest BCUT2D eigenvalue weighted by molar-refractivity contribution is 5.78. The summed E-state index contributed by atoms with van der Waals surface area (Å²) in [6.45, 7) is 4.89. The SMILES string of the molecule is Cc1cc(=O)n2[nH]c(C3CCCN(C(=O)Cc4nonc4C)C3)cc2n1. The van der Waals surface area contributed by atoms with Crippen LogP contribution in [0.15, 0.2) is 21.6 Å². The highest BCUT2D eigenvalue weighted by Crippen LogP contribution is 2.26. The van der Waals surface area contributed by atoms with Crippen LogP contribution < -0.4 is 5.56 Å². The number of H-pyrrole nitrogens is 1. The molecule has 9 heteroatoms. The molecule has 1 atom stereocenters. The lowest BCUT2D eigenvalue weighted by atomic mass is 9.94. The van der Waals surface area contributed by atoms with Crippen LogP contribution in [0.3, 0.4) is 0 Å². The summed E-state index contributed by atoms with van der Waals surface area (Å²) in [4.78, 5) is 30.9. The van der Waals surface area contributed by atoms with E-state index in [4.69, 9.17) is 0 Å². The van der Waals surface area contributed by atoms with E-state index in [9.17, 15) is 9.59 Å². The van der Waals surface area contributed by atoms with E-state index >= 15 is 0 Å². The van der Waals surface area contributed by atoms with Crippen molar-refractivity contribution in [3.63, 3.8) is 0 Å². The maximum Gasteiger partial charge on any atom is 0.272 e. The fourth-order valence-electron chi connectivity index (χ4n) is 3.46. The van der Waals surface area contributed by atoms with Crippen molar-refractivity contribution in [1.82, 2.24) is 29.8 Å². The lowest BCUT2D eigenvalue weighted by Gasteiger charge is -2.32. The van der Waals surface area contributed by atoms with E-state index in [1.165, 1.54) is 10.6 Å². The van der Waals surface area contributed by atoms with Gasteiger partial charge in [-0.15, -0.1) is 0 Å². The molecule has 1 aliphatic rings. The maximum absolute atomic E-state index is 12.6. The molecule has 4 heterocycles. The van der Waals surface area contributed by atoms with Crippen molar-refractivity contribution in [3.8, 4) is 0 Å². The number of piperidine rings is 1. The molecule has 1 aliphatic heterocycles. The zero-order valence-electron chi connectivity index (χ0n) is 14.7. The second-order valence-corrected chi connectivity index (χ2v) is 6.79. The van der Waals surface area contributed by atoms with Gasteiger partial charge >= 0.3 is 0 Å². The van der Waals surface area contributed by atoms with Gasteiger partial charge in [0.2, 0.25) is 5.91 Å². The van der Waals surface area contributed by atoms with Gasteiger partial charge in [-0.05, 0) is 26.7 Å². The van der Waals surface area contributed by atoms with Crippen LogP contribution in [-0.4, -0.2) is 48.8 Å². The van der Waals surface area contributed by atoms with E-state index in [0.717, 1.165) is 25.1 Å². The molecule has 0 aliphatic carbocycles. The normalized spacial score (nSPS) is 17.8. The van der Waals surface area contributed by atoms with Gasteiger partial charge in [0.15, 0.2) is 5.65 Å². The molecule has 1 saturated heterocycles. The Bertz CT molecular complexity index is 1020. The van der Waals surface area contributed by atoms with Crippen molar-refractivity contribution in [1.29, 1.82) is 0 Å². The number of nitrogens with zero attached hydrogens (tertiary/aromatic N) is 5. The molecule has 3 aromatic heterocycles. The molecule has 136 valence electrons. The number of amides is 1. The quantitative estimate of drug-likeness (QED) is 0.749. The van der Waals surface area contributed by atoms with Gasteiger partial charge in [0.05, 0.1) is 6.42 Å². The molecule has 0 aromatic carbocycles. The number of aromatic nitrogens is 5. The summed E-state index contributed by atoms with van der Waals surface area (Å²) in [5.41, 5.74) is 3.32. The second-order valence-electron chi connectivity index (χ2n) is 6.79. The number of carbonyl (C=O) groups is 1. The zero-order chi connectivity index (χ0) is 18.3. The van der Waals surface area contributed by atoms with Crippen molar-refractivity contribution in [2.75, 3.05) is 13.1 Å². The molecule has 1 amide bonds. The van der Waals surface area contributed by atoms with Crippen molar-refractivity contribution >= 4 is 11.6 Å². The highest BCUT2D eigenvalue weighted by atomic mass is 16.6. The van der Waals surface area contributed by atoms with E-state index in [0.29, 0.717) is 29.3 Å². The molecule has 1 fully saturated rings. The summed E-state index contributed by atoms with van der Waals surface area (Å²) in [6, 6.07) is 3.40. The van der Waals surface area contributed by atoms with E-state index < -0.39 is 0 Å². The number of nitrogens with one attached hydrogen (secondary N) is 1. The Kier molecular flexibility index (Phi) is 4.06. The third kappa shape index (κ3) is 3.00. The van der Waals surface area contributed by atoms with Crippen LogP contribution in [-0.2, 0) is 11.2 Å². The standard InChI is InChI=1S/C17H20N6O3/c1-10-6-17(25)23-15(18-10)7-14(19-23)12-4-3-5-22(9-12)16(24)8-13-11(2)20-26-21-13/h6-7,12,19H,3-5,8-9H2,1-2H3. The summed E-state index contributed by atoms with van der Waals surface area (Å²) < 4.78 is 6.12. The number of fused-ring (bicyclic) bond motifs is 1. The minimum atomic E-state index is -0.128. The van der Waals surface area contributed by atoms with E-state index in [1.54, 1.807) is 13.8 Å². The Balaban J connectivity index is 1.53. The van der Waals surface area contributed by atoms with Gasteiger partial charge in [-0.3, -0.25) is 14.7 Å². The third-order valence-electron chi connectivity index (χ3n) is 4.88. The number of hydrogen-bond acceptors (Lipinski definition) is 6. The van der Waals surface area contributed by atoms with Crippen molar-refractivity contribution in [2.24, 2.45) is 0 Å². The van der Waals surface area contributed by atoms with Crippen LogP contribution in [0.4, 0.5) is 0 Å². The first-order chi connectivity index (χ1) is 12.5. The number of rotatable bonds is 3. The van der Waals surface area contributed by atoms with Crippen LogP contribution in [0.2, 0.25) is 0 Å². The number of aryl methyl sites for hydroxylation is 2. The summed E-state index contributed by atoms with van der Waals surface area (Å²) in [6.07, 6.45) is 2.05. The predicted molar refractivity (Wildman–Crippen MR) is 91.8 cm³/mol. The van der Waals surface area contributed by atoms with Crippen LogP contribution in [0, 0.1) is 13.8 Å². The topological polar surface area (TPSA) is 109 Å². The van der Waals surface area contributed by atoms with Crippen molar-refractivity contribution < 1.29 is 9.42 Å². The minimum absolute atomic E-state index is 0.00995. The summed E-state index contributed by atoms with van der Waals surface area (Å²) in [5.74, 6) is 0.154. The number of likely N-dealkylation sites (tertiary alicyclic amines) is 1. The summed E-state index contributed by atoms with van der Waals surface area (Å²) in [7, 11) is 0. The average Bonchev–Trinajstić information content (AvgIpc) is 3.22. The Hall–Kier alpha value is -2.97. The van der Waals surface area contributed by atoms with Crippen LogP contribution in [0.5, 0.6) is 0 Å². The van der Waals surface area contributed by atoms with E-state index in [1.807, 2.05) is 11.0 Å². The molecular weight excluding hydrogens is 336 g/mol. The molecule has 0 spiro atoms. The molecule has 0 radical (unpaired) electrons.